The van der Waals surface area contributed by atoms with Gasteiger partial charge in [-0.15, -0.1) is 0 Å². The third kappa shape index (κ3) is 3.14. The van der Waals surface area contributed by atoms with E-state index in [0.717, 1.165) is 11.6 Å². The predicted molar refractivity (Wildman–Crippen MR) is 79.8 cm³/mol. The highest BCUT2D eigenvalue weighted by Crippen LogP contribution is 2.41. The van der Waals surface area contributed by atoms with Crippen molar-refractivity contribution >= 4 is 18.7 Å². The van der Waals surface area contributed by atoms with Crippen molar-refractivity contribution in [2.75, 3.05) is 0 Å². The van der Waals surface area contributed by atoms with Gasteiger partial charge in [0.1, 0.15) is 11.6 Å². The number of phosphoric ester groups is 1. The van der Waals surface area contributed by atoms with Crippen LogP contribution in [0.15, 0.2) is 54.6 Å². The summed E-state index contributed by atoms with van der Waals surface area (Å²) >= 11 is 0. The van der Waals surface area contributed by atoms with Crippen LogP contribution in [0.1, 0.15) is 0 Å². The Balaban J connectivity index is 2.25. The van der Waals surface area contributed by atoms with Crippen LogP contribution in [0, 0.1) is 5.82 Å². The number of phosphoric acid groups is 1. The monoisotopic (exact) mass is 319 g/mol. The molecule has 22 heavy (non-hydrogen) atoms. The van der Waals surface area contributed by atoms with E-state index in [0.29, 0.717) is 11.2 Å². The molecule has 5 nitrogen and oxygen atoms in total. The van der Waals surface area contributed by atoms with Gasteiger partial charge in [0.05, 0.1) is 11.2 Å². The van der Waals surface area contributed by atoms with Crippen LogP contribution in [0.4, 0.5) is 4.39 Å². The Bertz CT molecular complexity index is 879. The molecule has 3 aromatic rings. The van der Waals surface area contributed by atoms with E-state index in [9.17, 15) is 8.96 Å². The largest absolute Gasteiger partial charge is 0.524 e. The third-order valence-electron chi connectivity index (χ3n) is 3.02. The summed E-state index contributed by atoms with van der Waals surface area (Å²) in [6.07, 6.45) is 0. The van der Waals surface area contributed by atoms with E-state index in [-0.39, 0.29) is 11.1 Å². The Kier molecular flexibility index (Phi) is 3.66. The molecule has 0 radical (unpaired) electrons. The van der Waals surface area contributed by atoms with Crippen LogP contribution in [-0.2, 0) is 4.57 Å². The SMILES string of the molecule is O=P(O)(O)Oc1cc(-c2ccccc2)nc2ccc(F)cc12. The van der Waals surface area contributed by atoms with E-state index in [2.05, 4.69) is 4.98 Å². The Labute approximate surface area is 125 Å². The number of hydrogen-bond acceptors (Lipinski definition) is 3. The first-order chi connectivity index (χ1) is 10.4. The zero-order chi connectivity index (χ0) is 15.7. The normalized spacial score (nSPS) is 11.6. The van der Waals surface area contributed by atoms with Gasteiger partial charge in [0.25, 0.3) is 0 Å². The summed E-state index contributed by atoms with van der Waals surface area (Å²) in [6.45, 7) is 0. The maximum Gasteiger partial charge on any atom is 0.524 e. The molecule has 1 aromatic heterocycles. The van der Waals surface area contributed by atoms with E-state index in [1.165, 1.54) is 18.2 Å². The second-order valence-corrected chi connectivity index (χ2v) is 5.78. The van der Waals surface area contributed by atoms with Crippen molar-refractivity contribution in [2.24, 2.45) is 0 Å². The van der Waals surface area contributed by atoms with Crippen LogP contribution in [0.25, 0.3) is 22.2 Å². The molecule has 112 valence electrons. The van der Waals surface area contributed by atoms with Gasteiger partial charge in [-0.1, -0.05) is 30.3 Å². The predicted octanol–water partition coefficient (Wildman–Crippen LogP) is 3.51. The van der Waals surface area contributed by atoms with Crippen molar-refractivity contribution in [2.45, 2.75) is 0 Å². The van der Waals surface area contributed by atoms with Crippen molar-refractivity contribution in [1.82, 2.24) is 4.98 Å². The molecule has 7 heteroatoms. The van der Waals surface area contributed by atoms with Gasteiger partial charge >= 0.3 is 7.82 Å². The summed E-state index contributed by atoms with van der Waals surface area (Å²) in [6, 6.07) is 14.3. The zero-order valence-electron chi connectivity index (χ0n) is 11.2. The van der Waals surface area contributed by atoms with E-state index >= 15 is 0 Å². The minimum atomic E-state index is -4.77. The lowest BCUT2D eigenvalue weighted by Gasteiger charge is -2.12. The zero-order valence-corrected chi connectivity index (χ0v) is 12.1. The molecular formula is C15H11FNO4P. The number of benzene rings is 2. The summed E-state index contributed by atoms with van der Waals surface area (Å²) < 4.78 is 29.2. The second kappa shape index (κ2) is 5.50. The highest BCUT2D eigenvalue weighted by molar-refractivity contribution is 7.46. The summed E-state index contributed by atoms with van der Waals surface area (Å²) in [4.78, 5) is 22.4. The average molecular weight is 319 g/mol. The van der Waals surface area contributed by atoms with Gasteiger partial charge in [0.2, 0.25) is 0 Å². The molecule has 0 bridgehead atoms. The van der Waals surface area contributed by atoms with Gasteiger partial charge in [0.15, 0.2) is 0 Å². The first-order valence-corrected chi connectivity index (χ1v) is 7.86. The fraction of sp³-hybridized carbons (Fsp3) is 0. The number of aromatic nitrogens is 1. The molecule has 0 saturated heterocycles. The topological polar surface area (TPSA) is 79.7 Å². The highest BCUT2D eigenvalue weighted by atomic mass is 31.2. The van der Waals surface area contributed by atoms with Crippen LogP contribution in [0.3, 0.4) is 0 Å². The highest BCUT2D eigenvalue weighted by Gasteiger charge is 2.19. The number of rotatable bonds is 3. The number of hydrogen-bond donors (Lipinski definition) is 2. The van der Waals surface area contributed by atoms with E-state index in [4.69, 9.17) is 14.3 Å². The summed E-state index contributed by atoms with van der Waals surface area (Å²) in [7, 11) is -4.77. The fourth-order valence-corrected chi connectivity index (χ4v) is 2.53. The minimum Gasteiger partial charge on any atom is -0.403 e. The Morgan fingerprint density at radius 1 is 1.05 bits per heavy atom. The van der Waals surface area contributed by atoms with Crippen LogP contribution >= 0.6 is 7.82 Å². The molecule has 0 saturated carbocycles. The molecule has 3 rings (SSSR count). The van der Waals surface area contributed by atoms with E-state index in [1.54, 1.807) is 12.1 Å². The maximum atomic E-state index is 13.4. The Morgan fingerprint density at radius 3 is 2.45 bits per heavy atom. The van der Waals surface area contributed by atoms with Crippen LogP contribution in [0.5, 0.6) is 5.75 Å². The Hall–Kier alpha value is -2.27. The lowest BCUT2D eigenvalue weighted by atomic mass is 10.1. The molecule has 0 fully saturated rings. The summed E-state index contributed by atoms with van der Waals surface area (Å²) in [5.41, 5.74) is 1.61. The first kappa shape index (κ1) is 14.7. The molecule has 0 unspecified atom stereocenters. The summed E-state index contributed by atoms with van der Waals surface area (Å²) in [5, 5.41) is 0.197. The van der Waals surface area contributed by atoms with Gasteiger partial charge in [-0.05, 0) is 18.2 Å². The molecule has 0 amide bonds. The van der Waals surface area contributed by atoms with Crippen molar-refractivity contribution in [3.05, 3.63) is 60.4 Å². The van der Waals surface area contributed by atoms with Crippen LogP contribution in [0.2, 0.25) is 0 Å². The quantitative estimate of drug-likeness (QED) is 0.722. The van der Waals surface area contributed by atoms with Gasteiger partial charge in [-0.2, -0.15) is 0 Å². The number of nitrogens with zero attached hydrogens (tertiary/aromatic N) is 1. The van der Waals surface area contributed by atoms with Gasteiger partial charge in [-0.3, -0.25) is 9.79 Å². The van der Waals surface area contributed by atoms with Crippen molar-refractivity contribution < 1.29 is 23.3 Å². The molecule has 0 aliphatic carbocycles. The minimum absolute atomic E-state index is 0.114. The molecule has 1 heterocycles. The van der Waals surface area contributed by atoms with Gasteiger partial charge < -0.3 is 4.52 Å². The molecule has 2 N–H and O–H groups in total. The Morgan fingerprint density at radius 2 is 1.77 bits per heavy atom. The van der Waals surface area contributed by atoms with Crippen molar-refractivity contribution in [3.8, 4) is 17.0 Å². The molecule has 0 aliphatic heterocycles. The van der Waals surface area contributed by atoms with Gasteiger partial charge in [0, 0.05) is 17.0 Å². The standard InChI is InChI=1S/C15H11FNO4P/c16-11-6-7-13-12(8-11)15(21-22(18,19)20)9-14(17-13)10-4-2-1-3-5-10/h1-9H,(H2,18,19,20). The summed E-state index contributed by atoms with van der Waals surface area (Å²) in [5.74, 6) is -0.658. The van der Waals surface area contributed by atoms with Crippen LogP contribution in [-0.4, -0.2) is 14.8 Å². The van der Waals surface area contributed by atoms with Crippen molar-refractivity contribution in [3.63, 3.8) is 0 Å². The molecular weight excluding hydrogens is 308 g/mol. The van der Waals surface area contributed by atoms with Crippen molar-refractivity contribution in [1.29, 1.82) is 0 Å². The number of halogens is 1. The lowest BCUT2D eigenvalue weighted by Crippen LogP contribution is -1.95. The first-order valence-electron chi connectivity index (χ1n) is 6.33. The van der Waals surface area contributed by atoms with E-state index in [1.807, 2.05) is 18.2 Å². The smallest absolute Gasteiger partial charge is 0.403 e. The van der Waals surface area contributed by atoms with Gasteiger partial charge in [-0.25, -0.2) is 13.9 Å². The van der Waals surface area contributed by atoms with Crippen LogP contribution < -0.4 is 4.52 Å². The molecule has 0 aliphatic rings. The lowest BCUT2D eigenvalue weighted by molar-refractivity contribution is 0.284. The third-order valence-corrected chi connectivity index (χ3v) is 3.45. The maximum absolute atomic E-state index is 13.4. The number of pyridine rings is 1. The van der Waals surface area contributed by atoms with E-state index < -0.39 is 13.6 Å². The second-order valence-electron chi connectivity index (χ2n) is 4.61. The molecule has 2 aromatic carbocycles. The molecule has 0 atom stereocenters. The average Bonchev–Trinajstić information content (AvgIpc) is 2.47. The fourth-order valence-electron chi connectivity index (χ4n) is 2.13. The molecule has 0 spiro atoms. The number of fused-ring (bicyclic) bond motifs is 1.